The Kier molecular flexibility index (Phi) is 7.04. The van der Waals surface area contributed by atoms with Crippen molar-refractivity contribution in [3.63, 3.8) is 0 Å². The first kappa shape index (κ1) is 30.5. The fourth-order valence-electron chi connectivity index (χ4n) is 8.04. The minimum atomic E-state index is 0.0948. The molecule has 242 valence electrons. The van der Waals surface area contributed by atoms with E-state index in [2.05, 4.69) is 125 Å². The highest BCUT2D eigenvalue weighted by Gasteiger charge is 2.41. The largest absolute Gasteiger partial charge is 0.256 e. The molecular formula is C45H36N4S. The Morgan fingerprint density at radius 1 is 0.500 bits per heavy atom. The molecular weight excluding hydrogens is 629 g/mol. The minimum absolute atomic E-state index is 0.0948. The van der Waals surface area contributed by atoms with Crippen LogP contribution in [0.4, 0.5) is 0 Å². The molecule has 0 spiro atoms. The van der Waals surface area contributed by atoms with Crippen LogP contribution in [0.3, 0.4) is 0 Å². The van der Waals surface area contributed by atoms with E-state index in [0.29, 0.717) is 17.5 Å². The van der Waals surface area contributed by atoms with Crippen molar-refractivity contribution < 1.29 is 0 Å². The van der Waals surface area contributed by atoms with Crippen molar-refractivity contribution in [1.82, 2.24) is 19.9 Å². The van der Waals surface area contributed by atoms with Gasteiger partial charge in [-0.3, -0.25) is 4.98 Å². The van der Waals surface area contributed by atoms with Gasteiger partial charge in [0, 0.05) is 48.6 Å². The van der Waals surface area contributed by atoms with Crippen LogP contribution in [-0.4, -0.2) is 19.9 Å². The van der Waals surface area contributed by atoms with Crippen molar-refractivity contribution in [3.8, 4) is 56.5 Å². The summed E-state index contributed by atoms with van der Waals surface area (Å²) in [4.78, 5) is 20.3. The van der Waals surface area contributed by atoms with Gasteiger partial charge in [-0.1, -0.05) is 113 Å². The normalized spacial score (nSPS) is 14.6. The first-order valence-corrected chi connectivity index (χ1v) is 18.0. The van der Waals surface area contributed by atoms with Crippen LogP contribution in [0.5, 0.6) is 0 Å². The summed E-state index contributed by atoms with van der Waals surface area (Å²) >= 11 is 1.79. The number of pyridine rings is 1. The number of hydrogen-bond acceptors (Lipinski definition) is 5. The summed E-state index contributed by atoms with van der Waals surface area (Å²) in [7, 11) is 0. The van der Waals surface area contributed by atoms with E-state index in [1.807, 2.05) is 36.5 Å². The molecule has 8 aromatic rings. The molecule has 50 heavy (non-hydrogen) atoms. The van der Waals surface area contributed by atoms with E-state index in [9.17, 15) is 0 Å². The summed E-state index contributed by atoms with van der Waals surface area (Å²) in [5.74, 6) is 1.95. The summed E-state index contributed by atoms with van der Waals surface area (Å²) in [6.45, 7) is 9.47. The van der Waals surface area contributed by atoms with Crippen LogP contribution < -0.4 is 0 Å². The highest BCUT2D eigenvalue weighted by Crippen LogP contribution is 2.50. The number of rotatable bonds is 5. The maximum Gasteiger partial charge on any atom is 0.165 e. The molecule has 3 aromatic heterocycles. The quantitative estimate of drug-likeness (QED) is 0.184. The standard InChI is InChI=1S/C45H36N4S/c1-44(2)27-45(3,4)37-26-29(20-21-36(37)44)30-23-31(38-18-10-11-22-46-38)25-32(24-30)42-47-41(28-13-6-5-7-14-28)48-43(49-42)35-17-12-16-34-33-15-8-9-19-39(33)50-40(34)35/h5-26H,27H2,1-4H3. The zero-order chi connectivity index (χ0) is 34.0. The lowest BCUT2D eigenvalue weighted by Crippen LogP contribution is -2.17. The SMILES string of the molecule is CC1(C)CC(C)(C)c2cc(-c3cc(-c4ccccn4)cc(-c4nc(-c5ccccc5)nc(-c5cccc6c5sc5ccccc56)n4)c3)ccc21. The van der Waals surface area contributed by atoms with Crippen LogP contribution >= 0.6 is 11.3 Å². The Morgan fingerprint density at radius 2 is 1.18 bits per heavy atom. The van der Waals surface area contributed by atoms with Crippen LogP contribution in [0.2, 0.25) is 0 Å². The van der Waals surface area contributed by atoms with Gasteiger partial charge in [0.1, 0.15) is 0 Å². The highest BCUT2D eigenvalue weighted by atomic mass is 32.1. The number of hydrogen-bond donors (Lipinski definition) is 0. The van der Waals surface area contributed by atoms with E-state index in [4.69, 9.17) is 19.9 Å². The van der Waals surface area contributed by atoms with Gasteiger partial charge >= 0.3 is 0 Å². The molecule has 0 N–H and O–H groups in total. The molecule has 9 rings (SSSR count). The number of nitrogens with zero attached hydrogens (tertiary/aromatic N) is 4. The molecule has 1 aliphatic rings. The number of aromatic nitrogens is 4. The van der Waals surface area contributed by atoms with Gasteiger partial charge in [0.25, 0.3) is 0 Å². The number of fused-ring (bicyclic) bond motifs is 4. The molecule has 3 heterocycles. The second-order valence-corrected chi connectivity index (χ2v) is 15.7. The van der Waals surface area contributed by atoms with E-state index in [1.165, 1.54) is 36.9 Å². The monoisotopic (exact) mass is 664 g/mol. The summed E-state index contributed by atoms with van der Waals surface area (Å²) < 4.78 is 2.43. The van der Waals surface area contributed by atoms with Gasteiger partial charge in [0.2, 0.25) is 0 Å². The third-order valence-electron chi connectivity index (χ3n) is 10.2. The van der Waals surface area contributed by atoms with Crippen LogP contribution in [0.1, 0.15) is 45.2 Å². The van der Waals surface area contributed by atoms with Gasteiger partial charge in [0.15, 0.2) is 17.5 Å². The molecule has 1 aliphatic carbocycles. The lowest BCUT2D eigenvalue weighted by atomic mass is 9.82. The molecule has 0 aliphatic heterocycles. The predicted octanol–water partition coefficient (Wildman–Crippen LogP) is 11.9. The maximum absolute atomic E-state index is 5.25. The average molecular weight is 665 g/mol. The van der Waals surface area contributed by atoms with Gasteiger partial charge in [-0.25, -0.2) is 15.0 Å². The second-order valence-electron chi connectivity index (χ2n) is 14.7. The Hall–Kier alpha value is -5.52. The molecule has 0 fully saturated rings. The zero-order valence-electron chi connectivity index (χ0n) is 28.6. The fraction of sp³-hybridized carbons (Fsp3) is 0.156. The molecule has 0 unspecified atom stereocenters. The topological polar surface area (TPSA) is 51.6 Å². The van der Waals surface area contributed by atoms with Crippen molar-refractivity contribution in [2.75, 3.05) is 0 Å². The molecule has 5 aromatic carbocycles. The smallest absolute Gasteiger partial charge is 0.165 e. The third kappa shape index (κ3) is 5.21. The first-order valence-electron chi connectivity index (χ1n) is 17.2. The van der Waals surface area contributed by atoms with Crippen molar-refractivity contribution in [1.29, 1.82) is 0 Å². The molecule has 0 saturated heterocycles. The molecule has 0 amide bonds. The van der Waals surface area contributed by atoms with Crippen molar-refractivity contribution in [2.24, 2.45) is 0 Å². The van der Waals surface area contributed by atoms with Crippen molar-refractivity contribution in [3.05, 3.63) is 145 Å². The lowest BCUT2D eigenvalue weighted by molar-refractivity contribution is 0.403. The van der Waals surface area contributed by atoms with E-state index in [-0.39, 0.29) is 10.8 Å². The van der Waals surface area contributed by atoms with Gasteiger partial charge in [0.05, 0.1) is 5.69 Å². The Balaban J connectivity index is 1.28. The first-order chi connectivity index (χ1) is 24.2. The Morgan fingerprint density at radius 3 is 2.00 bits per heavy atom. The van der Waals surface area contributed by atoms with E-state index in [0.717, 1.165) is 39.9 Å². The minimum Gasteiger partial charge on any atom is -0.256 e. The van der Waals surface area contributed by atoms with Gasteiger partial charge in [-0.15, -0.1) is 11.3 Å². The Labute approximate surface area is 296 Å². The van der Waals surface area contributed by atoms with Gasteiger partial charge in [-0.2, -0.15) is 0 Å². The summed E-state index contributed by atoms with van der Waals surface area (Å²) in [5, 5.41) is 2.47. The average Bonchev–Trinajstić information content (AvgIpc) is 3.62. The van der Waals surface area contributed by atoms with E-state index in [1.54, 1.807) is 11.3 Å². The van der Waals surface area contributed by atoms with Gasteiger partial charge in [-0.05, 0) is 82.0 Å². The molecule has 0 radical (unpaired) electrons. The summed E-state index contributed by atoms with van der Waals surface area (Å²) in [5.41, 5.74) is 10.2. The van der Waals surface area contributed by atoms with E-state index >= 15 is 0 Å². The molecule has 0 bridgehead atoms. The van der Waals surface area contributed by atoms with Crippen molar-refractivity contribution in [2.45, 2.75) is 44.9 Å². The predicted molar refractivity (Wildman–Crippen MR) is 208 cm³/mol. The van der Waals surface area contributed by atoms with Crippen LogP contribution in [0.15, 0.2) is 134 Å². The van der Waals surface area contributed by atoms with E-state index < -0.39 is 0 Å². The van der Waals surface area contributed by atoms with Crippen LogP contribution in [0.25, 0.3) is 76.7 Å². The molecule has 4 nitrogen and oxygen atoms in total. The third-order valence-corrected chi connectivity index (χ3v) is 11.4. The lowest BCUT2D eigenvalue weighted by Gasteiger charge is -2.22. The van der Waals surface area contributed by atoms with Crippen LogP contribution in [0, 0.1) is 0 Å². The van der Waals surface area contributed by atoms with Gasteiger partial charge < -0.3 is 0 Å². The van der Waals surface area contributed by atoms with Crippen LogP contribution in [-0.2, 0) is 10.8 Å². The molecule has 0 atom stereocenters. The van der Waals surface area contributed by atoms with Crippen molar-refractivity contribution >= 4 is 31.5 Å². The molecule has 5 heteroatoms. The summed E-state index contributed by atoms with van der Waals surface area (Å²) in [6.07, 6.45) is 2.97. The number of thiophene rings is 1. The fourth-order valence-corrected chi connectivity index (χ4v) is 9.25. The Bertz CT molecular complexity index is 2570. The summed E-state index contributed by atoms with van der Waals surface area (Å²) in [6, 6.07) is 44.9. The number of benzene rings is 5. The zero-order valence-corrected chi connectivity index (χ0v) is 29.4. The molecule has 0 saturated carbocycles. The maximum atomic E-state index is 5.25. The second kappa shape index (κ2) is 11.5. The highest BCUT2D eigenvalue weighted by molar-refractivity contribution is 7.26.